The Balaban J connectivity index is 1.86. The van der Waals surface area contributed by atoms with Gasteiger partial charge in [-0.15, -0.1) is 0 Å². The maximum absolute atomic E-state index is 12.7. The number of halogens is 4. The Hall–Kier alpha value is -2.85. The van der Waals surface area contributed by atoms with Gasteiger partial charge in [-0.1, -0.05) is 11.6 Å². The van der Waals surface area contributed by atoms with Gasteiger partial charge in [-0.05, 0) is 30.7 Å². The fourth-order valence-corrected chi connectivity index (χ4v) is 2.83. The van der Waals surface area contributed by atoms with E-state index < -0.39 is 34.6 Å². The lowest BCUT2D eigenvalue weighted by Crippen LogP contribution is -2.17. The van der Waals surface area contributed by atoms with Crippen molar-refractivity contribution in [3.05, 3.63) is 62.7 Å². The molecule has 1 unspecified atom stereocenters. The van der Waals surface area contributed by atoms with Crippen molar-refractivity contribution in [2.45, 2.75) is 25.3 Å². The summed E-state index contributed by atoms with van der Waals surface area (Å²) in [5.74, 6) is -1.14. The average Bonchev–Trinajstić information content (AvgIpc) is 3.15. The number of benzene rings is 2. The highest BCUT2D eigenvalue weighted by atomic mass is 35.5. The largest absolute Gasteiger partial charge is 0.456 e. The molecular weight excluding hydrogens is 419 g/mol. The number of carbonyl (C=O) groups excluding carboxylic acids is 1. The molecule has 0 spiro atoms. The van der Waals surface area contributed by atoms with Crippen LogP contribution in [0.1, 0.15) is 28.8 Å². The van der Waals surface area contributed by atoms with Crippen molar-refractivity contribution in [2.24, 2.45) is 0 Å². The zero-order chi connectivity index (χ0) is 21.2. The summed E-state index contributed by atoms with van der Waals surface area (Å²) in [5.41, 5.74) is -1.86. The van der Waals surface area contributed by atoms with E-state index in [9.17, 15) is 28.1 Å². The van der Waals surface area contributed by atoms with Gasteiger partial charge >= 0.3 is 12.1 Å². The van der Waals surface area contributed by atoms with Gasteiger partial charge in [-0.2, -0.15) is 13.2 Å². The summed E-state index contributed by atoms with van der Waals surface area (Å²) in [5, 5.41) is 10.9. The Bertz CT molecular complexity index is 944. The van der Waals surface area contributed by atoms with Gasteiger partial charge in [0, 0.05) is 18.6 Å². The van der Waals surface area contributed by atoms with E-state index in [2.05, 4.69) is 0 Å². The lowest BCUT2D eigenvalue weighted by atomic mass is 10.1. The second-order valence-electron chi connectivity index (χ2n) is 6.03. The third kappa shape index (κ3) is 4.96. The van der Waals surface area contributed by atoms with Crippen molar-refractivity contribution >= 4 is 23.3 Å². The van der Waals surface area contributed by atoms with Crippen LogP contribution in [0.5, 0.6) is 11.5 Å². The number of rotatable bonds is 5. The molecule has 0 aliphatic carbocycles. The Kier molecular flexibility index (Phi) is 5.94. The Morgan fingerprint density at radius 2 is 2.00 bits per heavy atom. The molecule has 0 N–H and O–H groups in total. The second-order valence-corrected chi connectivity index (χ2v) is 6.44. The number of hydrogen-bond donors (Lipinski definition) is 0. The number of carbonyl (C=O) groups is 1. The summed E-state index contributed by atoms with van der Waals surface area (Å²) in [6, 6.07) is 5.75. The van der Waals surface area contributed by atoms with Crippen LogP contribution in [-0.4, -0.2) is 23.8 Å². The van der Waals surface area contributed by atoms with Gasteiger partial charge in [0.15, 0.2) is 0 Å². The van der Waals surface area contributed by atoms with E-state index in [-0.39, 0.29) is 22.1 Å². The summed E-state index contributed by atoms with van der Waals surface area (Å²) in [6.45, 7) is 0.412. The third-order valence-electron chi connectivity index (χ3n) is 4.00. The van der Waals surface area contributed by atoms with E-state index in [0.29, 0.717) is 25.5 Å². The summed E-state index contributed by atoms with van der Waals surface area (Å²) >= 11 is 5.84. The number of alkyl halides is 3. The highest BCUT2D eigenvalue weighted by Crippen LogP contribution is 2.37. The molecule has 1 aliphatic heterocycles. The monoisotopic (exact) mass is 431 g/mol. The molecule has 2 aromatic carbocycles. The normalized spacial score (nSPS) is 16.5. The van der Waals surface area contributed by atoms with E-state index >= 15 is 0 Å². The van der Waals surface area contributed by atoms with E-state index in [1.165, 1.54) is 6.07 Å². The van der Waals surface area contributed by atoms with Crippen LogP contribution in [0.4, 0.5) is 18.9 Å². The van der Waals surface area contributed by atoms with E-state index in [1.807, 2.05) is 0 Å². The van der Waals surface area contributed by atoms with Gasteiger partial charge in [0.05, 0.1) is 22.1 Å². The first-order valence-electron chi connectivity index (χ1n) is 8.31. The van der Waals surface area contributed by atoms with E-state index in [1.54, 1.807) is 0 Å². The van der Waals surface area contributed by atoms with Crippen molar-refractivity contribution in [1.82, 2.24) is 0 Å². The minimum Gasteiger partial charge on any atom is -0.456 e. The standard InChI is InChI=1S/C18H13ClF3NO6/c19-13-8-10(18(20,21)22)3-6-15(13)28-11-4-5-14(23(25)26)12(9-11)17(24)29-16-2-1-7-27-16/h3-6,8-9,16H,1-2,7H2. The summed E-state index contributed by atoms with van der Waals surface area (Å²) < 4.78 is 53.9. The molecule has 0 aromatic heterocycles. The average molecular weight is 432 g/mol. The number of nitrogens with zero attached hydrogens (tertiary/aromatic N) is 1. The summed E-state index contributed by atoms with van der Waals surface area (Å²) in [4.78, 5) is 22.8. The van der Waals surface area contributed by atoms with Crippen LogP contribution in [0.2, 0.25) is 5.02 Å². The molecule has 0 radical (unpaired) electrons. The highest BCUT2D eigenvalue weighted by molar-refractivity contribution is 6.32. The minimum absolute atomic E-state index is 0.0449. The Morgan fingerprint density at radius 1 is 1.24 bits per heavy atom. The molecule has 3 rings (SSSR count). The molecule has 0 amide bonds. The predicted molar refractivity (Wildman–Crippen MR) is 94.0 cm³/mol. The van der Waals surface area contributed by atoms with Gasteiger partial charge in [0.25, 0.3) is 5.69 Å². The molecule has 7 nitrogen and oxygen atoms in total. The van der Waals surface area contributed by atoms with Crippen molar-refractivity contribution in [1.29, 1.82) is 0 Å². The first-order chi connectivity index (χ1) is 13.6. The Labute approximate surface area is 167 Å². The fraction of sp³-hybridized carbons (Fsp3) is 0.278. The van der Waals surface area contributed by atoms with Gasteiger partial charge in [-0.25, -0.2) is 4.79 Å². The number of nitro groups is 1. The number of hydrogen-bond acceptors (Lipinski definition) is 6. The first kappa shape index (κ1) is 20.9. The van der Waals surface area contributed by atoms with Crippen LogP contribution < -0.4 is 4.74 Å². The van der Waals surface area contributed by atoms with Crippen molar-refractivity contribution in [2.75, 3.05) is 6.61 Å². The molecule has 1 aliphatic rings. The molecule has 1 saturated heterocycles. The highest BCUT2D eigenvalue weighted by Gasteiger charge is 2.31. The van der Waals surface area contributed by atoms with E-state index in [0.717, 1.165) is 24.3 Å². The zero-order valence-corrected chi connectivity index (χ0v) is 15.3. The maximum atomic E-state index is 12.7. The number of esters is 1. The topological polar surface area (TPSA) is 87.9 Å². The van der Waals surface area contributed by atoms with E-state index in [4.69, 9.17) is 25.8 Å². The molecular formula is C18H13ClF3NO6. The molecule has 2 aromatic rings. The van der Waals surface area contributed by atoms with Crippen LogP contribution in [0.25, 0.3) is 0 Å². The second kappa shape index (κ2) is 8.26. The Morgan fingerprint density at radius 3 is 2.59 bits per heavy atom. The predicted octanol–water partition coefficient (Wildman–Crippen LogP) is 5.35. The number of nitro benzene ring substituents is 1. The van der Waals surface area contributed by atoms with Gasteiger partial charge in [0.1, 0.15) is 17.1 Å². The van der Waals surface area contributed by atoms with Gasteiger partial charge in [0.2, 0.25) is 6.29 Å². The van der Waals surface area contributed by atoms with Crippen molar-refractivity contribution in [3.8, 4) is 11.5 Å². The van der Waals surface area contributed by atoms with Gasteiger partial charge in [-0.3, -0.25) is 10.1 Å². The molecule has 1 atom stereocenters. The molecule has 0 saturated carbocycles. The summed E-state index contributed by atoms with van der Waals surface area (Å²) in [7, 11) is 0. The molecule has 154 valence electrons. The minimum atomic E-state index is -4.57. The molecule has 1 fully saturated rings. The van der Waals surface area contributed by atoms with Crippen LogP contribution in [-0.2, 0) is 15.7 Å². The summed E-state index contributed by atoms with van der Waals surface area (Å²) in [6.07, 6.45) is -4.21. The molecule has 1 heterocycles. The lowest BCUT2D eigenvalue weighted by molar-refractivity contribution is -0.385. The smallest absolute Gasteiger partial charge is 0.416 e. The van der Waals surface area contributed by atoms with Crippen LogP contribution in [0.15, 0.2) is 36.4 Å². The molecule has 0 bridgehead atoms. The zero-order valence-electron chi connectivity index (χ0n) is 14.6. The van der Waals surface area contributed by atoms with Crippen LogP contribution in [0, 0.1) is 10.1 Å². The quantitative estimate of drug-likeness (QED) is 0.360. The fourth-order valence-electron chi connectivity index (χ4n) is 2.61. The molecule has 29 heavy (non-hydrogen) atoms. The third-order valence-corrected chi connectivity index (χ3v) is 4.29. The SMILES string of the molecule is O=C(OC1CCCO1)c1cc(Oc2ccc(C(F)(F)F)cc2Cl)ccc1[N+](=O)[O-]. The van der Waals surface area contributed by atoms with Crippen molar-refractivity contribution < 1.29 is 37.1 Å². The van der Waals surface area contributed by atoms with Crippen LogP contribution in [0.3, 0.4) is 0 Å². The molecule has 11 heteroatoms. The van der Waals surface area contributed by atoms with Crippen LogP contribution >= 0.6 is 11.6 Å². The maximum Gasteiger partial charge on any atom is 0.416 e. The van der Waals surface area contributed by atoms with Gasteiger partial charge < -0.3 is 14.2 Å². The lowest BCUT2D eigenvalue weighted by Gasteiger charge is -2.13. The number of ether oxygens (including phenoxy) is 3. The first-order valence-corrected chi connectivity index (χ1v) is 8.68. The van der Waals surface area contributed by atoms with Crippen molar-refractivity contribution in [3.63, 3.8) is 0 Å².